The predicted molar refractivity (Wildman–Crippen MR) is 131 cm³/mol. The summed E-state index contributed by atoms with van der Waals surface area (Å²) in [5.41, 5.74) is 1.89. The van der Waals surface area contributed by atoms with Gasteiger partial charge in [-0.25, -0.2) is 0 Å². The molecule has 5 rings (SSSR count). The second-order valence-electron chi connectivity index (χ2n) is 8.71. The summed E-state index contributed by atoms with van der Waals surface area (Å²) >= 11 is 1.46. The van der Waals surface area contributed by atoms with Crippen molar-refractivity contribution in [2.24, 2.45) is 0 Å². The average Bonchev–Trinajstić information content (AvgIpc) is 3.58. The van der Waals surface area contributed by atoms with Crippen molar-refractivity contribution in [2.75, 3.05) is 29.1 Å². The highest BCUT2D eigenvalue weighted by molar-refractivity contribution is 7.99. The molecule has 0 radical (unpaired) electrons. The zero-order chi connectivity index (χ0) is 22.6. The van der Waals surface area contributed by atoms with Crippen molar-refractivity contribution in [3.63, 3.8) is 0 Å². The van der Waals surface area contributed by atoms with Crippen LogP contribution >= 0.6 is 11.8 Å². The lowest BCUT2D eigenvalue weighted by Crippen LogP contribution is -2.32. The van der Waals surface area contributed by atoms with Crippen LogP contribution in [0.25, 0.3) is 0 Å². The fourth-order valence-corrected chi connectivity index (χ4v) is 4.88. The van der Waals surface area contributed by atoms with Gasteiger partial charge in [-0.3, -0.25) is 9.36 Å². The normalized spacial score (nSPS) is 16.0. The Labute approximate surface area is 198 Å². The molecule has 33 heavy (non-hydrogen) atoms. The van der Waals surface area contributed by atoms with Gasteiger partial charge in [0.05, 0.1) is 5.75 Å². The minimum Gasteiger partial charge on any atom is -0.457 e. The van der Waals surface area contributed by atoms with Crippen LogP contribution in [-0.4, -0.2) is 39.5 Å². The van der Waals surface area contributed by atoms with Crippen molar-refractivity contribution in [1.82, 2.24) is 14.8 Å². The number of aromatic nitrogens is 3. The molecule has 172 valence electrons. The van der Waals surface area contributed by atoms with Crippen molar-refractivity contribution >= 4 is 29.3 Å². The molecule has 8 heteroatoms. The molecule has 2 fully saturated rings. The summed E-state index contributed by atoms with van der Waals surface area (Å²) in [6, 6.07) is 15.8. The highest BCUT2D eigenvalue weighted by Crippen LogP contribution is 2.41. The Morgan fingerprint density at radius 3 is 2.58 bits per heavy atom. The first-order valence-electron chi connectivity index (χ1n) is 11.6. The molecule has 0 spiro atoms. The van der Waals surface area contributed by atoms with Gasteiger partial charge in [-0.1, -0.05) is 23.9 Å². The first-order valence-corrected chi connectivity index (χ1v) is 12.6. The van der Waals surface area contributed by atoms with E-state index >= 15 is 0 Å². The smallest absolute Gasteiger partial charge is 0.234 e. The van der Waals surface area contributed by atoms with Crippen molar-refractivity contribution in [2.45, 2.75) is 50.2 Å². The number of nitrogens with zero attached hydrogens (tertiary/aromatic N) is 4. The van der Waals surface area contributed by atoms with E-state index in [2.05, 4.69) is 25.0 Å². The zero-order valence-electron chi connectivity index (χ0n) is 18.9. The fraction of sp³-hybridized carbons (Fsp3) is 0.400. The van der Waals surface area contributed by atoms with E-state index in [9.17, 15) is 4.79 Å². The van der Waals surface area contributed by atoms with Gasteiger partial charge >= 0.3 is 0 Å². The Balaban J connectivity index is 1.17. The summed E-state index contributed by atoms with van der Waals surface area (Å²) in [4.78, 5) is 14.9. The average molecular weight is 464 g/mol. The molecule has 7 nitrogen and oxygen atoms in total. The van der Waals surface area contributed by atoms with Crippen LogP contribution in [0.4, 0.5) is 11.6 Å². The van der Waals surface area contributed by atoms with Crippen LogP contribution < -0.4 is 15.0 Å². The summed E-state index contributed by atoms with van der Waals surface area (Å²) in [5, 5.41) is 12.7. The summed E-state index contributed by atoms with van der Waals surface area (Å²) in [6.07, 6.45) is 6.02. The van der Waals surface area contributed by atoms with Gasteiger partial charge in [0, 0.05) is 24.8 Å². The van der Waals surface area contributed by atoms with Crippen LogP contribution in [0.1, 0.15) is 43.7 Å². The minimum atomic E-state index is -0.0581. The van der Waals surface area contributed by atoms with E-state index in [0.29, 0.717) is 11.8 Å². The number of carbonyl (C=O) groups is 1. The van der Waals surface area contributed by atoms with E-state index in [-0.39, 0.29) is 5.91 Å². The first-order chi connectivity index (χ1) is 16.2. The van der Waals surface area contributed by atoms with E-state index in [4.69, 9.17) is 4.74 Å². The zero-order valence-corrected chi connectivity index (χ0v) is 19.7. The molecular weight excluding hydrogens is 434 g/mol. The van der Waals surface area contributed by atoms with Crippen LogP contribution in [0.5, 0.6) is 11.5 Å². The van der Waals surface area contributed by atoms with Crippen LogP contribution in [0.2, 0.25) is 0 Å². The van der Waals surface area contributed by atoms with Crippen LogP contribution in [0.15, 0.2) is 53.7 Å². The monoisotopic (exact) mass is 463 g/mol. The highest BCUT2D eigenvalue weighted by Gasteiger charge is 2.32. The number of ether oxygens (including phenoxy) is 1. The van der Waals surface area contributed by atoms with Gasteiger partial charge in [-0.15, -0.1) is 10.2 Å². The Morgan fingerprint density at radius 1 is 1.06 bits per heavy atom. The van der Waals surface area contributed by atoms with E-state index in [1.165, 1.54) is 31.0 Å². The Kier molecular flexibility index (Phi) is 6.53. The standard InChI is InChI=1S/C25H29N5O2S/c1-18-6-5-7-22(16-18)32-21-12-8-19(9-13-21)26-23(31)17-33-25-28-27-24(30(25)20-10-11-20)29-14-3-2-4-15-29/h5-9,12-13,16,20H,2-4,10-11,14-15,17H2,1H3,(H,26,31). The Morgan fingerprint density at radius 2 is 1.85 bits per heavy atom. The molecule has 0 atom stereocenters. The van der Waals surface area contributed by atoms with Gasteiger partial charge in [-0.2, -0.15) is 0 Å². The maximum Gasteiger partial charge on any atom is 0.234 e. The van der Waals surface area contributed by atoms with Gasteiger partial charge in [-0.05, 0) is 81.0 Å². The molecule has 1 aromatic heterocycles. The van der Waals surface area contributed by atoms with Crippen molar-refractivity contribution in [3.05, 3.63) is 54.1 Å². The summed E-state index contributed by atoms with van der Waals surface area (Å²) in [6.45, 7) is 4.12. The minimum absolute atomic E-state index is 0.0581. The molecule has 3 aromatic rings. The number of benzene rings is 2. The third-order valence-electron chi connectivity index (χ3n) is 5.89. The second kappa shape index (κ2) is 9.87. The largest absolute Gasteiger partial charge is 0.457 e. The molecule has 1 saturated heterocycles. The highest BCUT2D eigenvalue weighted by atomic mass is 32.2. The number of carbonyl (C=O) groups excluding carboxylic acids is 1. The number of hydrogen-bond acceptors (Lipinski definition) is 6. The fourth-order valence-electron chi connectivity index (χ4n) is 4.08. The molecule has 2 heterocycles. The third-order valence-corrected chi connectivity index (χ3v) is 6.84. The molecule has 2 aromatic carbocycles. The lowest BCUT2D eigenvalue weighted by molar-refractivity contribution is -0.113. The number of rotatable bonds is 8. The van der Waals surface area contributed by atoms with Crippen molar-refractivity contribution in [1.29, 1.82) is 0 Å². The number of piperidine rings is 1. The van der Waals surface area contributed by atoms with Gasteiger partial charge in [0.2, 0.25) is 11.9 Å². The Hall–Kier alpha value is -3.00. The summed E-state index contributed by atoms with van der Waals surface area (Å²) in [5.74, 6) is 2.75. The molecular formula is C25H29N5O2S. The quantitative estimate of drug-likeness (QED) is 0.449. The number of nitrogens with one attached hydrogen (secondary N) is 1. The summed E-state index contributed by atoms with van der Waals surface area (Å²) in [7, 11) is 0. The van der Waals surface area contributed by atoms with Gasteiger partial charge in [0.15, 0.2) is 5.16 Å². The number of aryl methyl sites for hydroxylation is 1. The maximum absolute atomic E-state index is 12.6. The number of amides is 1. The number of anilines is 2. The molecule has 1 aliphatic carbocycles. The van der Waals surface area contributed by atoms with E-state index in [0.717, 1.165) is 59.8 Å². The summed E-state index contributed by atoms with van der Waals surface area (Å²) < 4.78 is 8.13. The van der Waals surface area contributed by atoms with Crippen LogP contribution in [0.3, 0.4) is 0 Å². The topological polar surface area (TPSA) is 72.3 Å². The number of hydrogen-bond donors (Lipinski definition) is 1. The molecule has 0 unspecified atom stereocenters. The van der Waals surface area contributed by atoms with Gasteiger partial charge in [0.25, 0.3) is 0 Å². The van der Waals surface area contributed by atoms with Gasteiger partial charge < -0.3 is 15.0 Å². The SMILES string of the molecule is Cc1cccc(Oc2ccc(NC(=O)CSc3nnc(N4CCCCC4)n3C3CC3)cc2)c1. The third kappa shape index (κ3) is 5.50. The van der Waals surface area contributed by atoms with E-state index in [1.54, 1.807) is 0 Å². The lowest BCUT2D eigenvalue weighted by atomic mass is 10.1. The molecule has 2 aliphatic rings. The van der Waals surface area contributed by atoms with Crippen LogP contribution in [0, 0.1) is 6.92 Å². The number of thioether (sulfide) groups is 1. The molecule has 1 N–H and O–H groups in total. The van der Waals surface area contributed by atoms with E-state index < -0.39 is 0 Å². The maximum atomic E-state index is 12.6. The first kappa shape index (κ1) is 21.8. The van der Waals surface area contributed by atoms with Crippen molar-refractivity contribution < 1.29 is 9.53 Å². The predicted octanol–water partition coefficient (Wildman–Crippen LogP) is 5.43. The Bertz CT molecular complexity index is 1100. The lowest BCUT2D eigenvalue weighted by Gasteiger charge is -2.27. The molecule has 1 saturated carbocycles. The van der Waals surface area contributed by atoms with Crippen LogP contribution in [-0.2, 0) is 4.79 Å². The molecule has 0 bridgehead atoms. The van der Waals surface area contributed by atoms with E-state index in [1.807, 2.05) is 55.5 Å². The molecule has 1 aliphatic heterocycles. The van der Waals surface area contributed by atoms with Crippen molar-refractivity contribution in [3.8, 4) is 11.5 Å². The second-order valence-corrected chi connectivity index (χ2v) is 9.65. The van der Waals surface area contributed by atoms with Gasteiger partial charge in [0.1, 0.15) is 11.5 Å². The molecule has 1 amide bonds.